The number of aliphatic hydroxyl groups excluding tert-OH is 1. The van der Waals surface area contributed by atoms with Gasteiger partial charge in [-0.25, -0.2) is 0 Å². The molecule has 0 heterocycles. The molecule has 2 aliphatic carbocycles. The molecule has 3 rings (SSSR count). The van der Waals surface area contributed by atoms with E-state index < -0.39 is 0 Å². The Labute approximate surface area is 115 Å². The minimum absolute atomic E-state index is 0.0301. The minimum atomic E-state index is 0.0301. The lowest BCUT2D eigenvalue weighted by Crippen LogP contribution is -2.24. The molecule has 0 radical (unpaired) electrons. The molecule has 1 aromatic carbocycles. The molecule has 104 valence electrons. The van der Waals surface area contributed by atoms with Crippen molar-refractivity contribution < 1.29 is 9.84 Å². The first kappa shape index (κ1) is 12.8. The zero-order chi connectivity index (χ0) is 13.2. The Kier molecular flexibility index (Phi) is 3.65. The van der Waals surface area contributed by atoms with Crippen LogP contribution >= 0.6 is 0 Å². The zero-order valence-corrected chi connectivity index (χ0v) is 11.6. The van der Waals surface area contributed by atoms with E-state index in [-0.39, 0.29) is 6.61 Å². The molecule has 0 spiro atoms. The van der Waals surface area contributed by atoms with Gasteiger partial charge in [0.15, 0.2) is 0 Å². The third kappa shape index (κ3) is 3.03. The van der Waals surface area contributed by atoms with E-state index in [2.05, 4.69) is 11.4 Å². The van der Waals surface area contributed by atoms with Crippen molar-refractivity contribution in [2.24, 2.45) is 11.8 Å². The van der Waals surface area contributed by atoms with Gasteiger partial charge in [-0.05, 0) is 62.6 Å². The lowest BCUT2D eigenvalue weighted by Gasteiger charge is -2.20. The molecule has 1 aromatic rings. The lowest BCUT2D eigenvalue weighted by atomic mass is 10.1. The quantitative estimate of drug-likeness (QED) is 0.792. The molecule has 0 aromatic heterocycles. The van der Waals surface area contributed by atoms with E-state index in [0.717, 1.165) is 28.8 Å². The van der Waals surface area contributed by atoms with E-state index in [0.29, 0.717) is 12.6 Å². The van der Waals surface area contributed by atoms with Crippen LogP contribution in [-0.2, 0) is 6.61 Å². The molecule has 0 amide bonds. The first-order chi connectivity index (χ1) is 9.31. The van der Waals surface area contributed by atoms with Crippen molar-refractivity contribution >= 4 is 5.69 Å². The number of benzene rings is 1. The van der Waals surface area contributed by atoms with E-state index in [1.54, 1.807) is 0 Å². The molecule has 2 aliphatic rings. The van der Waals surface area contributed by atoms with Crippen molar-refractivity contribution in [2.45, 2.75) is 45.3 Å². The molecule has 3 heteroatoms. The summed E-state index contributed by atoms with van der Waals surface area (Å²) in [5, 5.41) is 13.1. The smallest absolute Gasteiger partial charge is 0.124 e. The van der Waals surface area contributed by atoms with Crippen molar-refractivity contribution in [3.8, 4) is 5.75 Å². The fraction of sp³-hybridized carbons (Fsp3) is 0.625. The predicted molar refractivity (Wildman–Crippen MR) is 76.4 cm³/mol. The lowest BCUT2D eigenvalue weighted by molar-refractivity contribution is 0.267. The first-order valence-electron chi connectivity index (χ1n) is 7.45. The number of aliphatic hydroxyl groups is 1. The molecule has 2 saturated carbocycles. The van der Waals surface area contributed by atoms with E-state index >= 15 is 0 Å². The van der Waals surface area contributed by atoms with Gasteiger partial charge in [-0.1, -0.05) is 0 Å². The monoisotopic (exact) mass is 261 g/mol. The highest BCUT2D eigenvalue weighted by Gasteiger charge is 2.41. The van der Waals surface area contributed by atoms with Gasteiger partial charge in [0.2, 0.25) is 0 Å². The number of ether oxygens (including phenoxy) is 1. The van der Waals surface area contributed by atoms with Crippen LogP contribution < -0.4 is 10.1 Å². The first-order valence-corrected chi connectivity index (χ1v) is 7.45. The SMILES string of the molecule is CCOc1ccc(NC(C2CC2)C2CC2)cc1CO. The Morgan fingerprint density at radius 3 is 2.47 bits per heavy atom. The summed E-state index contributed by atoms with van der Waals surface area (Å²) in [6.45, 7) is 2.62. The summed E-state index contributed by atoms with van der Waals surface area (Å²) in [5.41, 5.74) is 1.99. The molecule has 0 unspecified atom stereocenters. The maximum atomic E-state index is 9.44. The molecule has 2 fully saturated rings. The molecule has 19 heavy (non-hydrogen) atoms. The molecular weight excluding hydrogens is 238 g/mol. The van der Waals surface area contributed by atoms with Crippen LogP contribution in [-0.4, -0.2) is 17.8 Å². The Balaban J connectivity index is 1.72. The summed E-state index contributed by atoms with van der Waals surface area (Å²) in [6.07, 6.45) is 5.49. The van der Waals surface area contributed by atoms with Gasteiger partial charge in [0.25, 0.3) is 0 Å². The van der Waals surface area contributed by atoms with E-state index in [1.807, 2.05) is 19.1 Å². The van der Waals surface area contributed by atoms with Crippen LogP contribution in [0.2, 0.25) is 0 Å². The Hall–Kier alpha value is -1.22. The predicted octanol–water partition coefficient (Wildman–Crippen LogP) is 3.18. The molecule has 2 N–H and O–H groups in total. The molecule has 0 atom stereocenters. The summed E-state index contributed by atoms with van der Waals surface area (Å²) in [7, 11) is 0. The normalized spacial score (nSPS) is 18.7. The van der Waals surface area contributed by atoms with Crippen molar-refractivity contribution in [1.82, 2.24) is 0 Å². The maximum Gasteiger partial charge on any atom is 0.124 e. The summed E-state index contributed by atoms with van der Waals surface area (Å²) in [4.78, 5) is 0. The van der Waals surface area contributed by atoms with Crippen LogP contribution in [0.15, 0.2) is 18.2 Å². The topological polar surface area (TPSA) is 41.5 Å². The maximum absolute atomic E-state index is 9.44. The molecular formula is C16H23NO2. The number of rotatable bonds is 7. The van der Waals surface area contributed by atoms with Crippen LogP contribution in [0.25, 0.3) is 0 Å². The standard InChI is InChI=1S/C16H23NO2/c1-2-19-15-8-7-14(9-13(15)10-18)17-16(11-3-4-11)12-5-6-12/h7-9,11-12,16-18H,2-6,10H2,1H3. The highest BCUT2D eigenvalue weighted by molar-refractivity contribution is 5.52. The van der Waals surface area contributed by atoms with E-state index in [4.69, 9.17) is 4.74 Å². The Morgan fingerprint density at radius 1 is 1.26 bits per heavy atom. The van der Waals surface area contributed by atoms with Gasteiger partial charge in [0.1, 0.15) is 5.75 Å². The van der Waals surface area contributed by atoms with Crippen LogP contribution in [0.5, 0.6) is 5.75 Å². The van der Waals surface area contributed by atoms with Gasteiger partial charge >= 0.3 is 0 Å². The molecule has 0 bridgehead atoms. The summed E-state index contributed by atoms with van der Waals surface area (Å²) >= 11 is 0. The van der Waals surface area contributed by atoms with E-state index in [9.17, 15) is 5.11 Å². The fourth-order valence-corrected chi connectivity index (χ4v) is 2.81. The number of anilines is 1. The van der Waals surface area contributed by atoms with Crippen molar-refractivity contribution in [3.05, 3.63) is 23.8 Å². The summed E-state index contributed by atoms with van der Waals surface area (Å²) in [5.74, 6) is 2.54. The van der Waals surface area contributed by atoms with E-state index in [1.165, 1.54) is 25.7 Å². The average Bonchev–Trinajstić information content (AvgIpc) is 3.30. The third-order valence-corrected chi connectivity index (χ3v) is 4.12. The largest absolute Gasteiger partial charge is 0.494 e. The van der Waals surface area contributed by atoms with Crippen LogP contribution in [0.4, 0.5) is 5.69 Å². The fourth-order valence-electron chi connectivity index (χ4n) is 2.81. The van der Waals surface area contributed by atoms with Gasteiger partial charge in [0, 0.05) is 17.3 Å². The third-order valence-electron chi connectivity index (χ3n) is 4.12. The van der Waals surface area contributed by atoms with Gasteiger partial charge in [0.05, 0.1) is 13.2 Å². The van der Waals surface area contributed by atoms with Gasteiger partial charge in [-0.2, -0.15) is 0 Å². The molecule has 0 saturated heterocycles. The van der Waals surface area contributed by atoms with Crippen molar-refractivity contribution in [2.75, 3.05) is 11.9 Å². The Morgan fingerprint density at radius 2 is 1.95 bits per heavy atom. The van der Waals surface area contributed by atoms with Gasteiger partial charge in [-0.3, -0.25) is 0 Å². The summed E-state index contributed by atoms with van der Waals surface area (Å²) < 4.78 is 5.52. The van der Waals surface area contributed by atoms with Crippen molar-refractivity contribution in [1.29, 1.82) is 0 Å². The second-order valence-corrected chi connectivity index (χ2v) is 5.76. The zero-order valence-electron chi connectivity index (χ0n) is 11.6. The average molecular weight is 261 g/mol. The number of nitrogens with one attached hydrogen (secondary N) is 1. The second kappa shape index (κ2) is 5.41. The molecule has 3 nitrogen and oxygen atoms in total. The number of hydrogen-bond acceptors (Lipinski definition) is 3. The Bertz CT molecular complexity index is 426. The van der Waals surface area contributed by atoms with Crippen LogP contribution in [0.3, 0.4) is 0 Å². The van der Waals surface area contributed by atoms with Crippen LogP contribution in [0, 0.1) is 11.8 Å². The number of hydrogen-bond donors (Lipinski definition) is 2. The van der Waals surface area contributed by atoms with Crippen LogP contribution in [0.1, 0.15) is 38.2 Å². The second-order valence-electron chi connectivity index (χ2n) is 5.76. The summed E-state index contributed by atoms with van der Waals surface area (Å²) in [6, 6.07) is 6.71. The van der Waals surface area contributed by atoms with Gasteiger partial charge < -0.3 is 15.2 Å². The van der Waals surface area contributed by atoms with Crippen molar-refractivity contribution in [3.63, 3.8) is 0 Å². The minimum Gasteiger partial charge on any atom is -0.494 e. The molecule has 0 aliphatic heterocycles. The highest BCUT2D eigenvalue weighted by atomic mass is 16.5. The highest BCUT2D eigenvalue weighted by Crippen LogP contribution is 2.46. The van der Waals surface area contributed by atoms with Gasteiger partial charge in [-0.15, -0.1) is 0 Å².